The maximum atomic E-state index is 13.2. The van der Waals surface area contributed by atoms with Crippen molar-refractivity contribution in [2.45, 2.75) is 57.9 Å². The van der Waals surface area contributed by atoms with E-state index >= 15 is 0 Å². The Morgan fingerprint density at radius 1 is 1.00 bits per heavy atom. The fourth-order valence-electron chi connectivity index (χ4n) is 2.70. The Balaban J connectivity index is 1.97. The maximum absolute atomic E-state index is 13.2. The molecule has 152 valence electrons. The molecule has 0 radical (unpaired) electrons. The minimum Gasteiger partial charge on any atom is -0.489 e. The Hall–Kier alpha value is -2.50. The second-order valence-electron chi connectivity index (χ2n) is 6.59. The first kappa shape index (κ1) is 21.8. The molecule has 2 aromatic carbocycles. The van der Waals surface area contributed by atoms with E-state index in [2.05, 4.69) is 0 Å². The van der Waals surface area contributed by atoms with Gasteiger partial charge in [-0.2, -0.15) is 13.2 Å². The Morgan fingerprint density at radius 2 is 1.75 bits per heavy atom. The van der Waals surface area contributed by atoms with E-state index in [1.165, 1.54) is 12.1 Å². The van der Waals surface area contributed by atoms with Crippen LogP contribution in [0.25, 0.3) is 0 Å². The van der Waals surface area contributed by atoms with E-state index in [-0.39, 0.29) is 12.0 Å². The lowest BCUT2D eigenvalue weighted by Gasteiger charge is -2.20. The number of benzene rings is 2. The van der Waals surface area contributed by atoms with E-state index in [0.29, 0.717) is 25.2 Å². The van der Waals surface area contributed by atoms with Crippen LogP contribution in [0.2, 0.25) is 0 Å². The molecule has 0 fully saturated rings. The third kappa shape index (κ3) is 7.25. The van der Waals surface area contributed by atoms with Crippen molar-refractivity contribution in [2.75, 3.05) is 0 Å². The summed E-state index contributed by atoms with van der Waals surface area (Å²) in [6, 6.07) is 15.5. The molecular weight excluding hydrogens is 369 g/mol. The average Bonchev–Trinajstić information content (AvgIpc) is 2.69. The smallest absolute Gasteiger partial charge is 0.425 e. The number of carbonyl (C=O) groups excluding carboxylic acids is 1. The van der Waals surface area contributed by atoms with Crippen molar-refractivity contribution < 1.29 is 27.4 Å². The van der Waals surface area contributed by atoms with Crippen LogP contribution >= 0.6 is 0 Å². The van der Waals surface area contributed by atoms with Crippen LogP contribution in [0.1, 0.15) is 54.9 Å². The fourth-order valence-corrected chi connectivity index (χ4v) is 2.70. The van der Waals surface area contributed by atoms with Crippen molar-refractivity contribution in [3.8, 4) is 5.75 Å². The molecule has 0 heterocycles. The van der Waals surface area contributed by atoms with Gasteiger partial charge in [-0.3, -0.25) is 0 Å². The number of carbonyl (C=O) groups is 1. The second kappa shape index (κ2) is 10.7. The average molecular weight is 394 g/mol. The lowest BCUT2D eigenvalue weighted by Crippen LogP contribution is -2.33. The van der Waals surface area contributed by atoms with Crippen molar-refractivity contribution in [1.82, 2.24) is 0 Å². The van der Waals surface area contributed by atoms with Gasteiger partial charge in [-0.05, 0) is 36.6 Å². The van der Waals surface area contributed by atoms with Gasteiger partial charge in [0, 0.05) is 0 Å². The van der Waals surface area contributed by atoms with Crippen LogP contribution in [0.3, 0.4) is 0 Å². The predicted octanol–water partition coefficient (Wildman–Crippen LogP) is 6.32. The lowest BCUT2D eigenvalue weighted by molar-refractivity contribution is -0.206. The van der Waals surface area contributed by atoms with Gasteiger partial charge in [-0.25, -0.2) is 4.79 Å². The van der Waals surface area contributed by atoms with Crippen molar-refractivity contribution in [3.05, 3.63) is 65.7 Å². The number of alkyl halides is 3. The van der Waals surface area contributed by atoms with Crippen molar-refractivity contribution in [3.63, 3.8) is 0 Å². The molecule has 0 aliphatic rings. The van der Waals surface area contributed by atoms with Crippen LogP contribution in [0, 0.1) is 0 Å². The molecule has 1 atom stereocenters. The minimum absolute atomic E-state index is 0.0355. The normalized spacial score (nSPS) is 12.4. The molecule has 2 rings (SSSR count). The highest BCUT2D eigenvalue weighted by Crippen LogP contribution is 2.28. The van der Waals surface area contributed by atoms with Gasteiger partial charge < -0.3 is 9.47 Å². The summed E-state index contributed by atoms with van der Waals surface area (Å²) in [7, 11) is 0. The van der Waals surface area contributed by atoms with Gasteiger partial charge in [-0.1, -0.05) is 62.6 Å². The molecule has 3 nitrogen and oxygen atoms in total. The van der Waals surface area contributed by atoms with E-state index in [4.69, 9.17) is 9.47 Å². The highest BCUT2D eigenvalue weighted by Gasteiger charge is 2.42. The largest absolute Gasteiger partial charge is 0.489 e. The summed E-state index contributed by atoms with van der Waals surface area (Å²) < 4.78 is 50.0. The van der Waals surface area contributed by atoms with Gasteiger partial charge in [-0.15, -0.1) is 0 Å². The summed E-state index contributed by atoms with van der Waals surface area (Å²) in [5.74, 6) is -0.604. The summed E-state index contributed by atoms with van der Waals surface area (Å²) in [6.45, 7) is 2.27. The molecule has 0 bridgehead atoms. The van der Waals surface area contributed by atoms with Gasteiger partial charge in [0.05, 0.1) is 5.56 Å². The monoisotopic (exact) mass is 394 g/mol. The first-order valence-electron chi connectivity index (χ1n) is 9.44. The van der Waals surface area contributed by atoms with Crippen LogP contribution in [0.5, 0.6) is 5.75 Å². The molecule has 0 saturated carbocycles. The molecular formula is C22H25F3O3. The summed E-state index contributed by atoms with van der Waals surface area (Å²) in [6.07, 6.45) is -4.06. The summed E-state index contributed by atoms with van der Waals surface area (Å²) in [5.41, 5.74) is 0.980. The number of hydrogen-bond acceptors (Lipinski definition) is 3. The van der Waals surface area contributed by atoms with E-state index in [1.807, 2.05) is 37.3 Å². The zero-order chi connectivity index (χ0) is 20.4. The van der Waals surface area contributed by atoms with E-state index in [9.17, 15) is 18.0 Å². The van der Waals surface area contributed by atoms with Crippen LogP contribution in [0.4, 0.5) is 13.2 Å². The molecule has 2 aromatic rings. The molecule has 28 heavy (non-hydrogen) atoms. The van der Waals surface area contributed by atoms with Gasteiger partial charge in [0.25, 0.3) is 0 Å². The number of unbranched alkanes of at least 4 members (excludes halogenated alkanes) is 3. The Kier molecular flexibility index (Phi) is 8.36. The maximum Gasteiger partial charge on any atom is 0.425 e. The SMILES string of the molecule is CCCCCC[C@@H](OC(=O)c1cccc(OCc2ccccc2)c1)C(F)(F)F. The predicted molar refractivity (Wildman–Crippen MR) is 101 cm³/mol. The molecule has 0 N–H and O–H groups in total. The Morgan fingerprint density at radius 3 is 2.43 bits per heavy atom. The number of rotatable bonds is 10. The van der Waals surface area contributed by atoms with Gasteiger partial charge >= 0.3 is 12.1 Å². The molecule has 0 amide bonds. The number of ether oxygens (including phenoxy) is 2. The minimum atomic E-state index is -4.58. The van der Waals surface area contributed by atoms with Crippen LogP contribution < -0.4 is 4.74 Å². The number of hydrogen-bond donors (Lipinski definition) is 0. The Labute approximate surface area is 163 Å². The van der Waals surface area contributed by atoms with E-state index in [1.54, 1.807) is 12.1 Å². The molecule has 6 heteroatoms. The van der Waals surface area contributed by atoms with Gasteiger partial charge in [0.2, 0.25) is 0 Å². The Bertz CT molecular complexity index is 729. The molecule has 0 saturated heterocycles. The van der Waals surface area contributed by atoms with E-state index < -0.39 is 18.2 Å². The standard InChI is InChI=1S/C22H25F3O3/c1-2-3-4-8-14-20(22(23,24)25)28-21(26)18-12-9-13-19(15-18)27-16-17-10-6-5-7-11-17/h5-7,9-13,15,20H,2-4,8,14,16H2,1H3/t20-/m1/s1. The topological polar surface area (TPSA) is 35.5 Å². The van der Waals surface area contributed by atoms with Crippen LogP contribution in [-0.2, 0) is 11.3 Å². The molecule has 0 unspecified atom stereocenters. The third-order valence-electron chi connectivity index (χ3n) is 4.25. The summed E-state index contributed by atoms with van der Waals surface area (Å²) >= 11 is 0. The first-order chi connectivity index (χ1) is 13.4. The van der Waals surface area contributed by atoms with Crippen molar-refractivity contribution in [2.24, 2.45) is 0 Å². The van der Waals surface area contributed by atoms with Crippen LogP contribution in [0.15, 0.2) is 54.6 Å². The van der Waals surface area contributed by atoms with Crippen molar-refractivity contribution >= 4 is 5.97 Å². The fraction of sp³-hybridized carbons (Fsp3) is 0.409. The highest BCUT2D eigenvalue weighted by molar-refractivity contribution is 5.90. The number of esters is 1. The first-order valence-corrected chi connectivity index (χ1v) is 9.44. The number of halogens is 3. The van der Waals surface area contributed by atoms with Gasteiger partial charge in [0.15, 0.2) is 6.10 Å². The molecule has 0 aliphatic heterocycles. The zero-order valence-electron chi connectivity index (χ0n) is 15.9. The summed E-state index contributed by atoms with van der Waals surface area (Å²) in [5, 5.41) is 0. The quantitative estimate of drug-likeness (QED) is 0.349. The third-order valence-corrected chi connectivity index (χ3v) is 4.25. The summed E-state index contributed by atoms with van der Waals surface area (Å²) in [4.78, 5) is 12.2. The van der Waals surface area contributed by atoms with Crippen LogP contribution in [-0.4, -0.2) is 18.2 Å². The van der Waals surface area contributed by atoms with Crippen molar-refractivity contribution in [1.29, 1.82) is 0 Å². The molecule has 0 aromatic heterocycles. The molecule has 0 aliphatic carbocycles. The van der Waals surface area contributed by atoms with E-state index in [0.717, 1.165) is 18.4 Å². The van der Waals surface area contributed by atoms with Gasteiger partial charge in [0.1, 0.15) is 12.4 Å². The molecule has 0 spiro atoms. The second-order valence-corrected chi connectivity index (χ2v) is 6.59. The lowest BCUT2D eigenvalue weighted by atomic mass is 10.1. The highest BCUT2D eigenvalue weighted by atomic mass is 19.4. The zero-order valence-corrected chi connectivity index (χ0v) is 15.9.